The molecule has 0 spiro atoms. The van der Waals surface area contributed by atoms with Crippen molar-refractivity contribution in [2.75, 3.05) is 6.54 Å². The highest BCUT2D eigenvalue weighted by atomic mass is 16.2. The number of hydrogen-bond acceptors (Lipinski definition) is 4. The Hall–Kier alpha value is -1.43. The van der Waals surface area contributed by atoms with E-state index >= 15 is 0 Å². The van der Waals surface area contributed by atoms with Gasteiger partial charge in [-0.1, -0.05) is 20.8 Å². The smallest absolute Gasteiger partial charge is 0.252 e. The van der Waals surface area contributed by atoms with Crippen LogP contribution in [-0.2, 0) is 14.4 Å². The second-order valence-electron chi connectivity index (χ2n) is 6.59. The van der Waals surface area contributed by atoms with Crippen molar-refractivity contribution in [2.45, 2.75) is 52.6 Å². The average Bonchev–Trinajstić information content (AvgIpc) is 2.22. The second kappa shape index (κ2) is 4.92. The molecule has 0 bridgehead atoms. The molecule has 0 saturated carbocycles. The van der Waals surface area contributed by atoms with Crippen LogP contribution in [0.2, 0.25) is 0 Å². The Labute approximate surface area is 113 Å². The molecule has 6 heteroatoms. The van der Waals surface area contributed by atoms with E-state index in [9.17, 15) is 14.4 Å². The summed E-state index contributed by atoms with van der Waals surface area (Å²) in [6.07, 6.45) is 0.119. The lowest BCUT2D eigenvalue weighted by atomic mass is 9.84. The van der Waals surface area contributed by atoms with E-state index in [-0.39, 0.29) is 30.3 Å². The first-order chi connectivity index (χ1) is 8.46. The number of carbonyl (C=O) groups excluding carboxylic acids is 3. The molecule has 0 aromatic heterocycles. The van der Waals surface area contributed by atoms with Gasteiger partial charge in [-0.3, -0.25) is 19.7 Å². The Morgan fingerprint density at radius 1 is 1.42 bits per heavy atom. The third-order valence-corrected chi connectivity index (χ3v) is 3.59. The van der Waals surface area contributed by atoms with Gasteiger partial charge in [0.1, 0.15) is 12.1 Å². The van der Waals surface area contributed by atoms with Crippen LogP contribution in [0.3, 0.4) is 0 Å². The molecular weight excluding hydrogens is 246 g/mol. The number of nitrogens with zero attached hydrogens (tertiary/aromatic N) is 1. The fraction of sp³-hybridized carbons (Fsp3) is 0.769. The van der Waals surface area contributed by atoms with E-state index < -0.39 is 17.4 Å². The standard InChI is InChI=1S/C13H23N3O3/c1-12(2,3)8(14)6-10(18)16-7-9(17)15-11(19)13(16,4)5/h8H,6-7,14H2,1-5H3,(H,15,17,19). The topological polar surface area (TPSA) is 92.5 Å². The van der Waals surface area contributed by atoms with E-state index in [1.165, 1.54) is 4.90 Å². The Morgan fingerprint density at radius 3 is 2.42 bits per heavy atom. The Morgan fingerprint density at radius 2 is 1.95 bits per heavy atom. The predicted octanol–water partition coefficient (Wildman–Crippen LogP) is 0.0135. The highest BCUT2D eigenvalue weighted by molar-refractivity contribution is 6.06. The molecule has 0 radical (unpaired) electrons. The quantitative estimate of drug-likeness (QED) is 0.691. The van der Waals surface area contributed by atoms with Gasteiger partial charge in [0.15, 0.2) is 0 Å². The summed E-state index contributed by atoms with van der Waals surface area (Å²) >= 11 is 0. The maximum Gasteiger partial charge on any atom is 0.252 e. The molecule has 3 N–H and O–H groups in total. The van der Waals surface area contributed by atoms with Crippen molar-refractivity contribution in [2.24, 2.45) is 11.1 Å². The van der Waals surface area contributed by atoms with Crippen molar-refractivity contribution in [3.8, 4) is 0 Å². The van der Waals surface area contributed by atoms with Gasteiger partial charge >= 0.3 is 0 Å². The molecule has 0 aromatic carbocycles. The van der Waals surface area contributed by atoms with Gasteiger partial charge in [0.05, 0.1) is 0 Å². The van der Waals surface area contributed by atoms with Gasteiger partial charge < -0.3 is 10.6 Å². The lowest BCUT2D eigenvalue weighted by Gasteiger charge is -2.41. The summed E-state index contributed by atoms with van der Waals surface area (Å²) in [6, 6.07) is -0.323. The van der Waals surface area contributed by atoms with Crippen LogP contribution in [0, 0.1) is 5.41 Å². The minimum Gasteiger partial charge on any atom is -0.327 e. The van der Waals surface area contributed by atoms with Crippen LogP contribution in [0.1, 0.15) is 41.0 Å². The Kier molecular flexibility index (Phi) is 4.05. The molecule has 1 rings (SSSR count). The summed E-state index contributed by atoms with van der Waals surface area (Å²) in [5, 5.41) is 2.23. The zero-order valence-electron chi connectivity index (χ0n) is 12.2. The second-order valence-corrected chi connectivity index (χ2v) is 6.59. The number of nitrogens with one attached hydrogen (secondary N) is 1. The summed E-state index contributed by atoms with van der Waals surface area (Å²) in [5.74, 6) is -1.18. The van der Waals surface area contributed by atoms with Crippen LogP contribution < -0.4 is 11.1 Å². The maximum atomic E-state index is 12.3. The molecule has 1 unspecified atom stereocenters. The van der Waals surface area contributed by atoms with Gasteiger partial charge in [-0.25, -0.2) is 0 Å². The number of hydrogen-bond donors (Lipinski definition) is 2. The number of piperazine rings is 1. The first-order valence-electron chi connectivity index (χ1n) is 6.36. The number of carbonyl (C=O) groups is 3. The monoisotopic (exact) mass is 269 g/mol. The van der Waals surface area contributed by atoms with Crippen LogP contribution >= 0.6 is 0 Å². The summed E-state index contributed by atoms with van der Waals surface area (Å²) < 4.78 is 0. The summed E-state index contributed by atoms with van der Waals surface area (Å²) in [5.41, 5.74) is 4.75. The largest absolute Gasteiger partial charge is 0.327 e. The minimum atomic E-state index is -1.03. The first kappa shape index (κ1) is 15.6. The van der Waals surface area contributed by atoms with Gasteiger partial charge in [0.25, 0.3) is 5.91 Å². The molecule has 1 saturated heterocycles. The van der Waals surface area contributed by atoms with Crippen molar-refractivity contribution in [3.05, 3.63) is 0 Å². The van der Waals surface area contributed by atoms with E-state index in [1.807, 2.05) is 20.8 Å². The highest BCUT2D eigenvalue weighted by Gasteiger charge is 2.43. The molecule has 0 aliphatic carbocycles. The summed E-state index contributed by atoms with van der Waals surface area (Å²) in [6.45, 7) is 8.98. The van der Waals surface area contributed by atoms with Crippen molar-refractivity contribution in [1.29, 1.82) is 0 Å². The van der Waals surface area contributed by atoms with Gasteiger partial charge in [0.2, 0.25) is 11.8 Å². The predicted molar refractivity (Wildman–Crippen MR) is 71.0 cm³/mol. The van der Waals surface area contributed by atoms with E-state index in [4.69, 9.17) is 5.73 Å². The Bertz CT molecular complexity index is 410. The molecule has 3 amide bonds. The summed E-state index contributed by atoms with van der Waals surface area (Å²) in [7, 11) is 0. The number of nitrogens with two attached hydrogens (primary N) is 1. The van der Waals surface area contributed by atoms with Crippen molar-refractivity contribution < 1.29 is 14.4 Å². The molecule has 1 atom stereocenters. The third kappa shape index (κ3) is 3.32. The summed E-state index contributed by atoms with van der Waals surface area (Å²) in [4.78, 5) is 36.7. The minimum absolute atomic E-state index is 0.103. The van der Waals surface area contributed by atoms with Crippen LogP contribution in [0.4, 0.5) is 0 Å². The van der Waals surface area contributed by atoms with Crippen LogP contribution in [-0.4, -0.2) is 40.7 Å². The highest BCUT2D eigenvalue weighted by Crippen LogP contribution is 2.24. The molecule has 0 aromatic rings. The molecule has 1 aliphatic rings. The van der Waals surface area contributed by atoms with Crippen molar-refractivity contribution in [3.63, 3.8) is 0 Å². The maximum absolute atomic E-state index is 12.3. The lowest BCUT2D eigenvalue weighted by molar-refractivity contribution is -0.156. The average molecular weight is 269 g/mol. The Balaban J connectivity index is 2.86. The van der Waals surface area contributed by atoms with Crippen molar-refractivity contribution in [1.82, 2.24) is 10.2 Å². The van der Waals surface area contributed by atoms with E-state index in [1.54, 1.807) is 13.8 Å². The van der Waals surface area contributed by atoms with Crippen molar-refractivity contribution >= 4 is 17.7 Å². The van der Waals surface area contributed by atoms with Crippen LogP contribution in [0.15, 0.2) is 0 Å². The lowest BCUT2D eigenvalue weighted by Crippen LogP contribution is -2.66. The molecular formula is C13H23N3O3. The first-order valence-corrected chi connectivity index (χ1v) is 6.36. The zero-order valence-corrected chi connectivity index (χ0v) is 12.2. The number of amides is 3. The molecule has 6 nitrogen and oxygen atoms in total. The van der Waals surface area contributed by atoms with Crippen LogP contribution in [0.25, 0.3) is 0 Å². The molecule has 19 heavy (non-hydrogen) atoms. The van der Waals surface area contributed by atoms with Crippen LogP contribution in [0.5, 0.6) is 0 Å². The SMILES string of the molecule is CC(C)(C)C(N)CC(=O)N1CC(=O)NC(=O)C1(C)C. The molecule has 1 fully saturated rings. The van der Waals surface area contributed by atoms with Gasteiger partial charge in [-0.15, -0.1) is 0 Å². The van der Waals surface area contributed by atoms with Gasteiger partial charge in [-0.05, 0) is 19.3 Å². The number of rotatable bonds is 2. The van der Waals surface area contributed by atoms with Gasteiger partial charge in [0, 0.05) is 12.5 Å². The molecule has 1 aliphatic heterocycles. The fourth-order valence-corrected chi connectivity index (χ4v) is 1.79. The number of imide groups is 1. The fourth-order valence-electron chi connectivity index (χ4n) is 1.79. The van der Waals surface area contributed by atoms with Gasteiger partial charge in [-0.2, -0.15) is 0 Å². The van der Waals surface area contributed by atoms with E-state index in [0.29, 0.717) is 0 Å². The zero-order chi connectivity index (χ0) is 15.0. The van der Waals surface area contributed by atoms with E-state index in [2.05, 4.69) is 5.32 Å². The normalized spacial score (nSPS) is 21.1. The third-order valence-electron chi connectivity index (χ3n) is 3.59. The van der Waals surface area contributed by atoms with E-state index in [0.717, 1.165) is 0 Å². The molecule has 1 heterocycles. The molecule has 108 valence electrons.